The zero-order valence-corrected chi connectivity index (χ0v) is 9.20. The molecule has 0 saturated carbocycles. The van der Waals surface area contributed by atoms with Crippen molar-refractivity contribution < 1.29 is 5.11 Å². The first-order valence-electron chi connectivity index (χ1n) is 5.06. The minimum Gasteiger partial charge on any atom is -0.507 e. The van der Waals surface area contributed by atoms with Crippen LogP contribution in [0.1, 0.15) is 0 Å². The third-order valence-corrected chi connectivity index (χ3v) is 3.12. The number of hydrogen-bond acceptors (Lipinski definition) is 1. The monoisotopic (exact) mass is 228 g/mol. The highest BCUT2D eigenvalue weighted by molar-refractivity contribution is 6.36. The number of phenols is 1. The third kappa shape index (κ3) is 1.25. The number of hydrogen-bond donors (Lipinski definition) is 1. The van der Waals surface area contributed by atoms with E-state index in [2.05, 4.69) is 0 Å². The van der Waals surface area contributed by atoms with Crippen molar-refractivity contribution >= 4 is 33.1 Å². The van der Waals surface area contributed by atoms with E-state index in [1.807, 2.05) is 42.5 Å². The first kappa shape index (κ1) is 9.49. The maximum atomic E-state index is 10.2. The second-order valence-corrected chi connectivity index (χ2v) is 4.19. The molecule has 1 nitrogen and oxygen atoms in total. The maximum absolute atomic E-state index is 10.2. The average Bonchev–Trinajstić information content (AvgIpc) is 2.29. The number of fused-ring (bicyclic) bond motifs is 2. The minimum atomic E-state index is 0.263. The van der Waals surface area contributed by atoms with Gasteiger partial charge in [0.1, 0.15) is 5.75 Å². The zero-order valence-electron chi connectivity index (χ0n) is 8.44. The Balaban J connectivity index is 2.62. The van der Waals surface area contributed by atoms with Crippen molar-refractivity contribution in [3.8, 4) is 5.75 Å². The van der Waals surface area contributed by atoms with Gasteiger partial charge in [-0.15, -0.1) is 0 Å². The Bertz CT molecular complexity index is 689. The molecule has 0 radical (unpaired) electrons. The van der Waals surface area contributed by atoms with Crippen LogP contribution in [0.5, 0.6) is 5.75 Å². The lowest BCUT2D eigenvalue weighted by molar-refractivity contribution is 0.488. The Morgan fingerprint density at radius 3 is 2.50 bits per heavy atom. The second-order valence-electron chi connectivity index (χ2n) is 3.78. The molecule has 3 aromatic rings. The van der Waals surface area contributed by atoms with Gasteiger partial charge < -0.3 is 5.11 Å². The predicted octanol–water partition coefficient (Wildman–Crippen LogP) is 4.35. The van der Waals surface area contributed by atoms with E-state index in [-0.39, 0.29) is 5.75 Å². The highest BCUT2D eigenvalue weighted by Gasteiger charge is 2.08. The van der Waals surface area contributed by atoms with Crippen molar-refractivity contribution in [1.29, 1.82) is 0 Å². The van der Waals surface area contributed by atoms with Gasteiger partial charge in [0, 0.05) is 10.8 Å². The van der Waals surface area contributed by atoms with Crippen LogP contribution in [0.25, 0.3) is 21.5 Å². The molecule has 0 aliphatic rings. The van der Waals surface area contributed by atoms with Gasteiger partial charge in [-0.25, -0.2) is 0 Å². The highest BCUT2D eigenvalue weighted by Crippen LogP contribution is 2.37. The van der Waals surface area contributed by atoms with E-state index in [0.717, 1.165) is 21.5 Å². The molecule has 0 bridgehead atoms. The molecule has 3 rings (SSSR count). The Morgan fingerprint density at radius 2 is 1.62 bits per heavy atom. The van der Waals surface area contributed by atoms with Crippen LogP contribution in [0, 0.1) is 0 Å². The van der Waals surface area contributed by atoms with Crippen molar-refractivity contribution in [2.24, 2.45) is 0 Å². The van der Waals surface area contributed by atoms with Crippen LogP contribution in [0.15, 0.2) is 48.5 Å². The molecule has 1 N–H and O–H groups in total. The number of benzene rings is 3. The lowest BCUT2D eigenvalue weighted by atomic mass is 10.0. The van der Waals surface area contributed by atoms with Crippen LogP contribution in [-0.2, 0) is 0 Å². The minimum absolute atomic E-state index is 0.263. The van der Waals surface area contributed by atoms with E-state index in [9.17, 15) is 5.11 Å². The van der Waals surface area contributed by atoms with Gasteiger partial charge in [0.25, 0.3) is 0 Å². The number of rotatable bonds is 0. The van der Waals surface area contributed by atoms with Gasteiger partial charge in [-0.2, -0.15) is 0 Å². The maximum Gasteiger partial charge on any atom is 0.132 e. The first-order chi connectivity index (χ1) is 7.77. The van der Waals surface area contributed by atoms with Crippen molar-refractivity contribution in [2.75, 3.05) is 0 Å². The summed E-state index contributed by atoms with van der Waals surface area (Å²) < 4.78 is 0. The second kappa shape index (κ2) is 3.39. The van der Waals surface area contributed by atoms with Crippen molar-refractivity contribution in [3.05, 3.63) is 53.6 Å². The van der Waals surface area contributed by atoms with Crippen LogP contribution in [0.3, 0.4) is 0 Å². The molecule has 78 valence electrons. The number of phenolic OH excluding ortho intramolecular Hbond substituents is 1. The van der Waals surface area contributed by atoms with Gasteiger partial charge in [-0.1, -0.05) is 48.0 Å². The van der Waals surface area contributed by atoms with E-state index < -0.39 is 0 Å². The summed E-state index contributed by atoms with van der Waals surface area (Å²) in [5.41, 5.74) is 0. The molecule has 0 aromatic heterocycles. The standard InChI is InChI=1S/C14H9ClO/c15-12-7-3-5-10-8-9-4-1-2-6-11(9)14(16)13(10)12/h1-8,16H. The van der Waals surface area contributed by atoms with Crippen LogP contribution < -0.4 is 0 Å². The molecular formula is C14H9ClO. The summed E-state index contributed by atoms with van der Waals surface area (Å²) in [6.07, 6.45) is 0. The summed E-state index contributed by atoms with van der Waals surface area (Å²) in [5, 5.41) is 14.3. The Hall–Kier alpha value is -1.73. The van der Waals surface area contributed by atoms with Gasteiger partial charge in [-0.3, -0.25) is 0 Å². The summed E-state index contributed by atoms with van der Waals surface area (Å²) in [5.74, 6) is 0.263. The van der Waals surface area contributed by atoms with Crippen molar-refractivity contribution in [2.45, 2.75) is 0 Å². The van der Waals surface area contributed by atoms with E-state index in [0.29, 0.717) is 5.02 Å². The Labute approximate surface area is 97.9 Å². The third-order valence-electron chi connectivity index (χ3n) is 2.81. The van der Waals surface area contributed by atoms with Crippen LogP contribution >= 0.6 is 11.6 Å². The Kier molecular flexibility index (Phi) is 2.01. The summed E-state index contributed by atoms with van der Waals surface area (Å²) in [7, 11) is 0. The molecule has 0 saturated heterocycles. The molecule has 2 heteroatoms. The van der Waals surface area contributed by atoms with Gasteiger partial charge >= 0.3 is 0 Å². The average molecular weight is 229 g/mol. The van der Waals surface area contributed by atoms with Gasteiger partial charge in [0.05, 0.1) is 5.02 Å². The fraction of sp³-hybridized carbons (Fsp3) is 0. The molecule has 0 amide bonds. The fourth-order valence-corrected chi connectivity index (χ4v) is 2.32. The summed E-state index contributed by atoms with van der Waals surface area (Å²) in [6.45, 7) is 0. The first-order valence-corrected chi connectivity index (χ1v) is 5.44. The Morgan fingerprint density at radius 1 is 0.875 bits per heavy atom. The molecule has 3 aromatic carbocycles. The molecule has 0 aliphatic carbocycles. The lowest BCUT2D eigenvalue weighted by Gasteiger charge is -2.07. The molecule has 0 spiro atoms. The van der Waals surface area contributed by atoms with E-state index in [1.165, 1.54) is 0 Å². The molecule has 0 heterocycles. The van der Waals surface area contributed by atoms with Crippen molar-refractivity contribution in [1.82, 2.24) is 0 Å². The topological polar surface area (TPSA) is 20.2 Å². The highest BCUT2D eigenvalue weighted by atomic mass is 35.5. The SMILES string of the molecule is Oc1c2ccccc2cc2cccc(Cl)c12. The van der Waals surface area contributed by atoms with Crippen LogP contribution in [-0.4, -0.2) is 5.11 Å². The smallest absolute Gasteiger partial charge is 0.132 e. The summed E-state index contributed by atoms with van der Waals surface area (Å²) in [4.78, 5) is 0. The molecule has 0 unspecified atom stereocenters. The zero-order chi connectivity index (χ0) is 11.1. The van der Waals surface area contributed by atoms with E-state index in [4.69, 9.17) is 11.6 Å². The van der Waals surface area contributed by atoms with Gasteiger partial charge in [0.15, 0.2) is 0 Å². The molecule has 0 atom stereocenters. The van der Waals surface area contributed by atoms with E-state index in [1.54, 1.807) is 6.07 Å². The van der Waals surface area contributed by atoms with Gasteiger partial charge in [-0.05, 0) is 22.9 Å². The van der Waals surface area contributed by atoms with E-state index >= 15 is 0 Å². The lowest BCUT2D eigenvalue weighted by Crippen LogP contribution is -1.79. The van der Waals surface area contributed by atoms with Gasteiger partial charge in [0.2, 0.25) is 0 Å². The number of halogens is 1. The van der Waals surface area contributed by atoms with Crippen LogP contribution in [0.2, 0.25) is 5.02 Å². The molecule has 0 fully saturated rings. The summed E-state index contributed by atoms with van der Waals surface area (Å²) >= 11 is 6.10. The quantitative estimate of drug-likeness (QED) is 0.567. The normalized spacial score (nSPS) is 11.1. The fourth-order valence-electron chi connectivity index (χ4n) is 2.05. The number of aromatic hydroxyl groups is 1. The molecule has 0 aliphatic heterocycles. The predicted molar refractivity (Wildman–Crippen MR) is 68.1 cm³/mol. The summed E-state index contributed by atoms with van der Waals surface area (Å²) in [6, 6.07) is 15.4. The molecular weight excluding hydrogens is 220 g/mol. The van der Waals surface area contributed by atoms with Crippen LogP contribution in [0.4, 0.5) is 0 Å². The van der Waals surface area contributed by atoms with Crippen molar-refractivity contribution in [3.63, 3.8) is 0 Å². The largest absolute Gasteiger partial charge is 0.507 e. The molecule has 16 heavy (non-hydrogen) atoms.